The summed E-state index contributed by atoms with van der Waals surface area (Å²) >= 11 is 1.17. The number of hydrogen-bond donors (Lipinski definition) is 3. The number of carbonyl (C=O) groups excluding carboxylic acids is 1. The Morgan fingerprint density at radius 2 is 1.48 bits per heavy atom. The van der Waals surface area contributed by atoms with Crippen LogP contribution < -0.4 is 15.4 Å². The molecule has 1 amide bonds. The van der Waals surface area contributed by atoms with Crippen LogP contribution in [0.2, 0.25) is 0 Å². The van der Waals surface area contributed by atoms with Crippen LogP contribution in [0.3, 0.4) is 0 Å². The number of thiazole rings is 1. The number of hydrogen-bond acceptors (Lipinski definition) is 6. The van der Waals surface area contributed by atoms with Gasteiger partial charge >= 0.3 is 18.5 Å². The van der Waals surface area contributed by atoms with Crippen LogP contribution in [0.4, 0.5) is 31.5 Å². The lowest BCUT2D eigenvalue weighted by Gasteiger charge is -2.20. The van der Waals surface area contributed by atoms with Gasteiger partial charge in [0.1, 0.15) is 5.75 Å². The van der Waals surface area contributed by atoms with E-state index in [1.54, 1.807) is 17.5 Å². The number of aromatic nitrogens is 1. The third-order valence-corrected chi connectivity index (χ3v) is 6.63. The molecule has 0 radical (unpaired) electrons. The summed E-state index contributed by atoms with van der Waals surface area (Å²) in [6.45, 7) is -0.0578. The van der Waals surface area contributed by atoms with E-state index in [4.69, 9.17) is 5.11 Å². The predicted molar refractivity (Wildman–Crippen MR) is 142 cm³/mol. The zero-order chi connectivity index (χ0) is 30.5. The van der Waals surface area contributed by atoms with Gasteiger partial charge in [0, 0.05) is 23.1 Å². The van der Waals surface area contributed by atoms with Gasteiger partial charge in [0.25, 0.3) is 5.91 Å². The third kappa shape index (κ3) is 8.22. The highest BCUT2D eigenvalue weighted by molar-refractivity contribution is 7.14. The second-order valence-electron chi connectivity index (χ2n) is 8.83. The van der Waals surface area contributed by atoms with Gasteiger partial charge in [0.05, 0.1) is 23.7 Å². The van der Waals surface area contributed by atoms with Gasteiger partial charge in [0.2, 0.25) is 0 Å². The summed E-state index contributed by atoms with van der Waals surface area (Å²) in [5, 5.41) is 16.4. The summed E-state index contributed by atoms with van der Waals surface area (Å²) in [7, 11) is 0. The van der Waals surface area contributed by atoms with Crippen molar-refractivity contribution in [2.24, 2.45) is 0 Å². The number of nitrogens with zero attached hydrogens (tertiary/aromatic N) is 1. The first-order chi connectivity index (χ1) is 19.8. The molecule has 3 aromatic carbocycles. The first kappa shape index (κ1) is 30.4. The molecule has 1 atom stereocenters. The molecule has 0 aliphatic carbocycles. The van der Waals surface area contributed by atoms with Crippen LogP contribution in [-0.2, 0) is 11.0 Å². The van der Waals surface area contributed by atoms with Crippen molar-refractivity contribution >= 4 is 28.3 Å². The molecule has 7 nitrogen and oxygen atoms in total. The fourth-order valence-electron chi connectivity index (χ4n) is 3.86. The second-order valence-corrected chi connectivity index (χ2v) is 9.69. The Balaban J connectivity index is 1.58. The van der Waals surface area contributed by atoms with Crippen molar-refractivity contribution in [3.63, 3.8) is 0 Å². The number of amides is 1. The van der Waals surface area contributed by atoms with Crippen LogP contribution in [0.1, 0.15) is 39.5 Å². The van der Waals surface area contributed by atoms with E-state index in [1.807, 2.05) is 0 Å². The highest BCUT2D eigenvalue weighted by Crippen LogP contribution is 2.34. The third-order valence-electron chi connectivity index (χ3n) is 5.86. The number of alkyl halides is 6. The summed E-state index contributed by atoms with van der Waals surface area (Å²) < 4.78 is 80.6. The fraction of sp³-hybridized carbons (Fsp3) is 0.179. The molecule has 220 valence electrons. The Labute approximate surface area is 238 Å². The maximum Gasteiger partial charge on any atom is 0.573 e. The zero-order valence-corrected chi connectivity index (χ0v) is 22.1. The highest BCUT2D eigenvalue weighted by Gasteiger charge is 2.31. The molecule has 42 heavy (non-hydrogen) atoms. The molecule has 0 aliphatic rings. The molecule has 0 fully saturated rings. The average Bonchev–Trinajstić information content (AvgIpc) is 3.40. The van der Waals surface area contributed by atoms with Gasteiger partial charge in [-0.25, -0.2) is 4.98 Å². The van der Waals surface area contributed by atoms with Crippen molar-refractivity contribution in [2.45, 2.75) is 25.0 Å². The van der Waals surface area contributed by atoms with Crippen LogP contribution in [-0.4, -0.2) is 34.9 Å². The van der Waals surface area contributed by atoms with E-state index in [0.29, 0.717) is 27.5 Å². The van der Waals surface area contributed by atoms with Gasteiger partial charge in [-0.3, -0.25) is 9.59 Å². The zero-order valence-electron chi connectivity index (χ0n) is 21.3. The number of anilines is 1. The Morgan fingerprint density at radius 3 is 2.02 bits per heavy atom. The lowest BCUT2D eigenvalue weighted by molar-refractivity contribution is -0.274. The first-order valence-corrected chi connectivity index (χ1v) is 13.0. The number of benzene rings is 3. The highest BCUT2D eigenvalue weighted by atomic mass is 32.1. The molecule has 1 aromatic heterocycles. The van der Waals surface area contributed by atoms with Gasteiger partial charge in [-0.2, -0.15) is 13.2 Å². The number of carboxylic acids is 1. The van der Waals surface area contributed by atoms with Crippen molar-refractivity contribution in [1.82, 2.24) is 10.3 Å². The second kappa shape index (κ2) is 12.5. The number of carboxylic acid groups (broad SMARTS) is 1. The fourth-order valence-corrected chi connectivity index (χ4v) is 4.61. The molecular weight excluding hydrogens is 588 g/mol. The van der Waals surface area contributed by atoms with Crippen LogP contribution in [0.25, 0.3) is 11.3 Å². The molecule has 4 rings (SSSR count). The van der Waals surface area contributed by atoms with E-state index >= 15 is 0 Å². The predicted octanol–water partition coefficient (Wildman–Crippen LogP) is 7.13. The Kier molecular flexibility index (Phi) is 9.05. The van der Waals surface area contributed by atoms with Crippen LogP contribution in [0, 0.1) is 0 Å². The molecule has 0 saturated carbocycles. The summed E-state index contributed by atoms with van der Waals surface area (Å²) in [5.74, 6) is -1.96. The molecule has 0 aliphatic heterocycles. The maximum absolute atomic E-state index is 12.9. The van der Waals surface area contributed by atoms with E-state index in [1.165, 1.54) is 47.7 Å². The van der Waals surface area contributed by atoms with Gasteiger partial charge < -0.3 is 20.5 Å². The Morgan fingerprint density at radius 1 is 0.881 bits per heavy atom. The van der Waals surface area contributed by atoms with Gasteiger partial charge in [-0.15, -0.1) is 24.5 Å². The number of carbonyl (C=O) groups is 2. The minimum Gasteiger partial charge on any atom is -0.481 e. The van der Waals surface area contributed by atoms with E-state index in [-0.39, 0.29) is 18.5 Å². The van der Waals surface area contributed by atoms with Crippen molar-refractivity contribution < 1.29 is 45.8 Å². The molecule has 14 heteroatoms. The maximum atomic E-state index is 12.9. The lowest BCUT2D eigenvalue weighted by Crippen LogP contribution is -2.26. The van der Waals surface area contributed by atoms with Crippen LogP contribution >= 0.6 is 11.3 Å². The molecule has 0 bridgehead atoms. The number of nitrogens with one attached hydrogen (secondary N) is 2. The van der Waals surface area contributed by atoms with Crippen molar-refractivity contribution in [2.75, 3.05) is 11.9 Å². The van der Waals surface area contributed by atoms with E-state index in [2.05, 4.69) is 20.4 Å². The first-order valence-electron chi connectivity index (χ1n) is 12.1. The quantitative estimate of drug-likeness (QED) is 0.165. The molecule has 3 N–H and O–H groups in total. The normalized spacial score (nSPS) is 12.4. The number of ether oxygens (including phenoxy) is 1. The van der Waals surface area contributed by atoms with Crippen molar-refractivity contribution in [1.29, 1.82) is 0 Å². The SMILES string of the molecule is O=C(O)CCNC(=O)c1ccc(C(Nc2nc(-c3ccc(C(F)(F)F)cc3)cs2)c2ccc(OC(F)(F)F)cc2)cc1. The number of halogens is 6. The summed E-state index contributed by atoms with van der Waals surface area (Å²) in [4.78, 5) is 27.5. The van der Waals surface area contributed by atoms with E-state index in [9.17, 15) is 35.9 Å². The van der Waals surface area contributed by atoms with Crippen molar-refractivity contribution in [3.8, 4) is 17.0 Å². The monoisotopic (exact) mass is 609 g/mol. The molecule has 4 aromatic rings. The average molecular weight is 610 g/mol. The molecule has 0 spiro atoms. The molecule has 0 saturated heterocycles. The lowest BCUT2D eigenvalue weighted by atomic mass is 9.97. The molecular formula is C28H21F6N3O4S. The van der Waals surface area contributed by atoms with Gasteiger partial charge in [0.15, 0.2) is 5.13 Å². The molecule has 1 unspecified atom stereocenters. The Hall–Kier alpha value is -4.59. The number of rotatable bonds is 10. The summed E-state index contributed by atoms with van der Waals surface area (Å²) in [6, 6.07) is 15.3. The topological polar surface area (TPSA) is 101 Å². The van der Waals surface area contributed by atoms with Gasteiger partial charge in [-0.05, 0) is 47.5 Å². The van der Waals surface area contributed by atoms with E-state index < -0.39 is 41.8 Å². The van der Waals surface area contributed by atoms with E-state index in [0.717, 1.165) is 24.3 Å². The summed E-state index contributed by atoms with van der Waals surface area (Å²) in [5.41, 5.74) is 1.46. The largest absolute Gasteiger partial charge is 0.573 e. The minimum absolute atomic E-state index is 0.0578. The van der Waals surface area contributed by atoms with Crippen molar-refractivity contribution in [3.05, 3.63) is 100 Å². The smallest absolute Gasteiger partial charge is 0.481 e. The van der Waals surface area contributed by atoms with Crippen LogP contribution in [0.15, 0.2) is 78.2 Å². The van der Waals surface area contributed by atoms with Crippen LogP contribution in [0.5, 0.6) is 5.75 Å². The summed E-state index contributed by atoms with van der Waals surface area (Å²) in [6.07, 6.45) is -9.59. The standard InChI is InChI=1S/C28H21F6N3O4S/c29-27(30,31)20-9-5-16(6-10-20)22-15-42-26(36-22)37-24(18-7-11-21(12-8-18)41-28(32,33)34)17-1-3-19(4-2-17)25(40)35-14-13-23(38)39/h1-12,15,24H,13-14H2,(H,35,40)(H,36,37)(H,38,39). The minimum atomic E-state index is -4.87. The number of aliphatic carboxylic acids is 1. The Bertz CT molecular complexity index is 1520. The molecule has 1 heterocycles. The van der Waals surface area contributed by atoms with Gasteiger partial charge in [-0.1, -0.05) is 36.4 Å².